The molecule has 0 aliphatic carbocycles. The first-order valence-electron chi connectivity index (χ1n) is 4.60. The van der Waals surface area contributed by atoms with E-state index >= 15 is 0 Å². The Hall–Kier alpha value is -1.49. The van der Waals surface area contributed by atoms with Crippen molar-refractivity contribution >= 4 is 16.7 Å². The molecule has 0 aliphatic heterocycles. The van der Waals surface area contributed by atoms with Crippen LogP contribution in [0, 0.1) is 5.82 Å². The Balaban J connectivity index is 1.86. The second-order valence-corrected chi connectivity index (χ2v) is 3.79. The summed E-state index contributed by atoms with van der Waals surface area (Å²) >= 11 is 1.30. The van der Waals surface area contributed by atoms with Crippen molar-refractivity contribution in [2.24, 2.45) is 0 Å². The molecule has 2 aromatic rings. The van der Waals surface area contributed by atoms with E-state index in [1.165, 1.54) is 23.9 Å². The first kappa shape index (κ1) is 10.0. The zero-order valence-electron chi connectivity index (χ0n) is 7.98. The Bertz CT molecular complexity index is 416. The van der Waals surface area contributed by atoms with E-state index in [1.807, 2.05) is 6.07 Å². The Morgan fingerprint density at radius 3 is 2.93 bits per heavy atom. The van der Waals surface area contributed by atoms with Crippen molar-refractivity contribution in [2.75, 3.05) is 11.9 Å². The number of anilines is 1. The molecule has 0 saturated carbocycles. The lowest BCUT2D eigenvalue weighted by Crippen LogP contribution is -2.05. The molecular weight excluding hydrogens is 213 g/mol. The molecule has 78 valence electrons. The van der Waals surface area contributed by atoms with Crippen LogP contribution < -0.4 is 5.32 Å². The van der Waals surface area contributed by atoms with Crippen molar-refractivity contribution in [3.05, 3.63) is 42.0 Å². The van der Waals surface area contributed by atoms with Gasteiger partial charge in [0.15, 0.2) is 0 Å². The van der Waals surface area contributed by atoms with Gasteiger partial charge in [-0.15, -0.1) is 0 Å². The standard InChI is InChI=1S/C10H10FN3S/c11-9-4-2-1-3-8(9)5-6-12-10-13-7-14-15-10/h1-4,7H,5-6H2,(H,12,13,14). The van der Waals surface area contributed by atoms with E-state index in [-0.39, 0.29) is 5.82 Å². The van der Waals surface area contributed by atoms with Crippen molar-refractivity contribution < 1.29 is 4.39 Å². The normalized spacial score (nSPS) is 10.2. The summed E-state index contributed by atoms with van der Waals surface area (Å²) in [6, 6.07) is 6.79. The highest BCUT2D eigenvalue weighted by atomic mass is 32.1. The predicted molar refractivity (Wildman–Crippen MR) is 58.5 cm³/mol. The summed E-state index contributed by atoms with van der Waals surface area (Å²) in [5.74, 6) is -0.156. The second kappa shape index (κ2) is 4.84. The predicted octanol–water partition coefficient (Wildman–Crippen LogP) is 2.33. The largest absolute Gasteiger partial charge is 0.360 e. The van der Waals surface area contributed by atoms with Crippen molar-refractivity contribution in [2.45, 2.75) is 6.42 Å². The third-order valence-corrected chi connectivity index (χ3v) is 2.61. The van der Waals surface area contributed by atoms with Crippen LogP contribution in [0.3, 0.4) is 0 Å². The van der Waals surface area contributed by atoms with Gasteiger partial charge in [0.05, 0.1) is 0 Å². The molecule has 0 saturated heterocycles. The molecule has 0 bridgehead atoms. The van der Waals surface area contributed by atoms with Crippen LogP contribution in [0.15, 0.2) is 30.6 Å². The molecule has 1 aromatic heterocycles. The zero-order valence-corrected chi connectivity index (χ0v) is 8.80. The summed E-state index contributed by atoms with van der Waals surface area (Å²) in [6.07, 6.45) is 2.14. The monoisotopic (exact) mass is 223 g/mol. The summed E-state index contributed by atoms with van der Waals surface area (Å²) in [4.78, 5) is 3.97. The van der Waals surface area contributed by atoms with Crippen molar-refractivity contribution in [1.29, 1.82) is 0 Å². The minimum atomic E-state index is -0.156. The van der Waals surface area contributed by atoms with Crippen LogP contribution in [0.2, 0.25) is 0 Å². The Kier molecular flexibility index (Phi) is 3.24. The van der Waals surface area contributed by atoms with Crippen molar-refractivity contribution in [3.63, 3.8) is 0 Å². The van der Waals surface area contributed by atoms with Gasteiger partial charge in [-0.1, -0.05) is 18.2 Å². The number of nitrogens with one attached hydrogen (secondary N) is 1. The van der Waals surface area contributed by atoms with E-state index in [0.717, 1.165) is 10.7 Å². The second-order valence-electron chi connectivity index (χ2n) is 3.01. The average molecular weight is 223 g/mol. The van der Waals surface area contributed by atoms with Crippen LogP contribution >= 0.6 is 11.5 Å². The van der Waals surface area contributed by atoms with Crippen LogP contribution in [0.1, 0.15) is 5.56 Å². The highest BCUT2D eigenvalue weighted by Crippen LogP contribution is 2.09. The maximum atomic E-state index is 13.2. The number of aromatic nitrogens is 2. The summed E-state index contributed by atoms with van der Waals surface area (Å²) in [6.45, 7) is 0.663. The van der Waals surface area contributed by atoms with Gasteiger partial charge >= 0.3 is 0 Å². The van der Waals surface area contributed by atoms with Crippen molar-refractivity contribution in [1.82, 2.24) is 9.36 Å². The van der Waals surface area contributed by atoms with Gasteiger partial charge in [-0.25, -0.2) is 9.37 Å². The molecule has 1 heterocycles. The smallest absolute Gasteiger partial charge is 0.202 e. The van der Waals surface area contributed by atoms with Crippen molar-refractivity contribution in [3.8, 4) is 0 Å². The summed E-state index contributed by atoms with van der Waals surface area (Å²) in [5, 5.41) is 3.85. The van der Waals surface area contributed by atoms with E-state index in [9.17, 15) is 4.39 Å². The molecular formula is C10H10FN3S. The minimum absolute atomic E-state index is 0.156. The quantitative estimate of drug-likeness (QED) is 0.864. The number of halogens is 1. The number of nitrogens with zero attached hydrogens (tertiary/aromatic N) is 2. The first-order chi connectivity index (χ1) is 7.36. The highest BCUT2D eigenvalue weighted by molar-refractivity contribution is 7.09. The van der Waals surface area contributed by atoms with E-state index in [1.54, 1.807) is 12.1 Å². The Morgan fingerprint density at radius 1 is 1.33 bits per heavy atom. The van der Waals surface area contributed by atoms with E-state index in [4.69, 9.17) is 0 Å². The fourth-order valence-electron chi connectivity index (χ4n) is 1.26. The molecule has 0 fully saturated rings. The van der Waals surface area contributed by atoms with Crippen LogP contribution in [0.25, 0.3) is 0 Å². The molecule has 3 nitrogen and oxygen atoms in total. The molecule has 0 unspecified atom stereocenters. The molecule has 5 heteroatoms. The maximum Gasteiger partial charge on any atom is 0.202 e. The van der Waals surface area contributed by atoms with E-state index in [0.29, 0.717) is 13.0 Å². The SMILES string of the molecule is Fc1ccccc1CCNc1ncns1. The third-order valence-electron chi connectivity index (χ3n) is 1.99. The molecule has 15 heavy (non-hydrogen) atoms. The average Bonchev–Trinajstić information content (AvgIpc) is 2.74. The lowest BCUT2D eigenvalue weighted by molar-refractivity contribution is 0.610. The summed E-state index contributed by atoms with van der Waals surface area (Å²) in [7, 11) is 0. The van der Waals surface area contributed by atoms with Crippen LogP contribution in [-0.4, -0.2) is 15.9 Å². The Labute approximate surface area is 91.2 Å². The van der Waals surface area contributed by atoms with Gasteiger partial charge < -0.3 is 5.32 Å². The lowest BCUT2D eigenvalue weighted by atomic mass is 10.1. The van der Waals surface area contributed by atoms with Gasteiger partial charge in [-0.3, -0.25) is 0 Å². The van der Waals surface area contributed by atoms with Gasteiger partial charge in [0, 0.05) is 18.1 Å². The molecule has 2 rings (SSSR count). The van der Waals surface area contributed by atoms with Crippen LogP contribution in [0.5, 0.6) is 0 Å². The maximum absolute atomic E-state index is 13.2. The summed E-state index contributed by atoms with van der Waals surface area (Å²) < 4.78 is 17.1. The molecule has 1 aromatic carbocycles. The topological polar surface area (TPSA) is 37.8 Å². The van der Waals surface area contributed by atoms with Gasteiger partial charge in [-0.2, -0.15) is 4.37 Å². The van der Waals surface area contributed by atoms with E-state index < -0.39 is 0 Å². The lowest BCUT2D eigenvalue weighted by Gasteiger charge is -2.03. The first-order valence-corrected chi connectivity index (χ1v) is 5.37. The number of hydrogen-bond acceptors (Lipinski definition) is 4. The molecule has 1 N–H and O–H groups in total. The molecule has 0 amide bonds. The van der Waals surface area contributed by atoms with Crippen LogP contribution in [0.4, 0.5) is 9.52 Å². The minimum Gasteiger partial charge on any atom is -0.360 e. The Morgan fingerprint density at radius 2 is 2.20 bits per heavy atom. The molecule has 0 aliphatic rings. The molecule has 0 spiro atoms. The number of rotatable bonds is 4. The molecule has 0 atom stereocenters. The molecule has 0 radical (unpaired) electrons. The van der Waals surface area contributed by atoms with Gasteiger partial charge in [0.25, 0.3) is 0 Å². The third kappa shape index (κ3) is 2.73. The number of benzene rings is 1. The van der Waals surface area contributed by atoms with Gasteiger partial charge in [-0.05, 0) is 18.1 Å². The van der Waals surface area contributed by atoms with Gasteiger partial charge in [0.2, 0.25) is 5.13 Å². The van der Waals surface area contributed by atoms with Gasteiger partial charge in [0.1, 0.15) is 12.1 Å². The fourth-order valence-corrected chi connectivity index (χ4v) is 1.71. The zero-order chi connectivity index (χ0) is 10.5. The van der Waals surface area contributed by atoms with E-state index in [2.05, 4.69) is 14.7 Å². The summed E-state index contributed by atoms with van der Waals surface area (Å²) in [5.41, 5.74) is 0.717. The fraction of sp³-hybridized carbons (Fsp3) is 0.200. The number of hydrogen-bond donors (Lipinski definition) is 1. The highest BCUT2D eigenvalue weighted by Gasteiger charge is 2.00. The van der Waals surface area contributed by atoms with Crippen LogP contribution in [-0.2, 0) is 6.42 Å².